The highest BCUT2D eigenvalue weighted by Crippen LogP contribution is 2.20. The summed E-state index contributed by atoms with van der Waals surface area (Å²) in [5.41, 5.74) is 4.10. The van der Waals surface area contributed by atoms with Gasteiger partial charge in [0.2, 0.25) is 0 Å². The number of nitrogens with one attached hydrogen (secondary N) is 1. The van der Waals surface area contributed by atoms with Gasteiger partial charge in [-0.3, -0.25) is 4.79 Å². The zero-order valence-electron chi connectivity index (χ0n) is 11.3. The van der Waals surface area contributed by atoms with Crippen molar-refractivity contribution in [2.24, 2.45) is 0 Å². The van der Waals surface area contributed by atoms with Crippen LogP contribution in [0.4, 0.5) is 0 Å². The lowest BCUT2D eigenvalue weighted by molar-refractivity contribution is 0.104. The lowest BCUT2D eigenvalue weighted by Gasteiger charge is -2.03. The maximum absolute atomic E-state index is 12.1. The minimum atomic E-state index is 0.0778. The average Bonchev–Trinajstić information content (AvgIpc) is 3.01. The van der Waals surface area contributed by atoms with Crippen LogP contribution in [0.3, 0.4) is 0 Å². The Labute approximate surface area is 119 Å². The van der Waals surface area contributed by atoms with Crippen LogP contribution in [0.1, 0.15) is 23.2 Å². The molecule has 0 spiro atoms. The molecule has 0 aromatic heterocycles. The average molecular weight is 263 g/mol. The van der Waals surface area contributed by atoms with E-state index in [9.17, 15) is 4.79 Å². The monoisotopic (exact) mass is 263 g/mol. The summed E-state index contributed by atoms with van der Waals surface area (Å²) >= 11 is 0. The first kappa shape index (κ1) is 12.7. The molecule has 1 N–H and O–H groups in total. The summed E-state index contributed by atoms with van der Waals surface area (Å²) in [6.07, 6.45) is 3.82. The number of rotatable bonds is 3. The molecule has 0 unspecified atom stereocenters. The fraction of sp³-hybridized carbons (Fsp3) is 0.167. The van der Waals surface area contributed by atoms with Gasteiger partial charge in [-0.25, -0.2) is 0 Å². The number of allylic oxidation sites excluding steroid dienone is 2. The second-order valence-corrected chi connectivity index (χ2v) is 5.01. The molecule has 1 aliphatic heterocycles. The standard InChI is InChI=1S/C18H17NO/c20-18(13-17-7-4-12-19-17)16-10-8-15(9-11-16)14-5-2-1-3-6-14/h1-3,5-6,8-11,13,19H,4,7,12H2/b17-13-. The van der Waals surface area contributed by atoms with Crippen LogP contribution in [-0.2, 0) is 0 Å². The van der Waals surface area contributed by atoms with Crippen molar-refractivity contribution in [1.82, 2.24) is 5.32 Å². The van der Waals surface area contributed by atoms with Crippen molar-refractivity contribution in [3.63, 3.8) is 0 Å². The third-order valence-electron chi connectivity index (χ3n) is 3.56. The molecule has 0 aliphatic carbocycles. The molecule has 2 aromatic carbocycles. The number of ketones is 1. The summed E-state index contributed by atoms with van der Waals surface area (Å²) in [5.74, 6) is 0.0778. The molecule has 2 nitrogen and oxygen atoms in total. The van der Waals surface area contributed by atoms with Crippen molar-refractivity contribution in [2.45, 2.75) is 12.8 Å². The Hall–Kier alpha value is -2.35. The quantitative estimate of drug-likeness (QED) is 0.674. The largest absolute Gasteiger partial charge is 0.388 e. The molecule has 1 fully saturated rings. The van der Waals surface area contributed by atoms with Gasteiger partial charge in [-0.2, -0.15) is 0 Å². The fourth-order valence-corrected chi connectivity index (χ4v) is 2.44. The number of carbonyl (C=O) groups is 1. The molecule has 2 heteroatoms. The topological polar surface area (TPSA) is 29.1 Å². The van der Waals surface area contributed by atoms with Crippen LogP contribution in [0.25, 0.3) is 11.1 Å². The fourth-order valence-electron chi connectivity index (χ4n) is 2.44. The SMILES string of the molecule is O=C(/C=C1/CCCN1)c1ccc(-c2ccccc2)cc1. The van der Waals surface area contributed by atoms with Crippen molar-refractivity contribution in [1.29, 1.82) is 0 Å². The van der Waals surface area contributed by atoms with E-state index in [1.165, 1.54) is 5.56 Å². The molecule has 2 aromatic rings. The maximum Gasteiger partial charge on any atom is 0.187 e. The van der Waals surface area contributed by atoms with Crippen LogP contribution in [-0.4, -0.2) is 12.3 Å². The highest BCUT2D eigenvalue weighted by Gasteiger charge is 2.09. The molecular formula is C18H17NO. The van der Waals surface area contributed by atoms with Crippen LogP contribution in [0.2, 0.25) is 0 Å². The predicted octanol–water partition coefficient (Wildman–Crippen LogP) is 3.80. The van der Waals surface area contributed by atoms with Crippen molar-refractivity contribution in [3.05, 3.63) is 71.9 Å². The first-order valence-electron chi connectivity index (χ1n) is 6.97. The smallest absolute Gasteiger partial charge is 0.187 e. The molecule has 1 aliphatic rings. The molecule has 3 rings (SSSR count). The van der Waals surface area contributed by atoms with Crippen molar-refractivity contribution < 1.29 is 4.79 Å². The van der Waals surface area contributed by atoms with Gasteiger partial charge in [-0.05, 0) is 24.0 Å². The summed E-state index contributed by atoms with van der Waals surface area (Å²) in [6.45, 7) is 0.978. The molecule has 100 valence electrons. The van der Waals surface area contributed by atoms with Crippen molar-refractivity contribution in [2.75, 3.05) is 6.54 Å². The Balaban J connectivity index is 1.79. The lowest BCUT2D eigenvalue weighted by Crippen LogP contribution is -2.06. The van der Waals surface area contributed by atoms with E-state index in [1.54, 1.807) is 6.08 Å². The van der Waals surface area contributed by atoms with Gasteiger partial charge in [0, 0.05) is 23.9 Å². The highest BCUT2D eigenvalue weighted by atomic mass is 16.1. The Morgan fingerprint density at radius 3 is 2.30 bits per heavy atom. The predicted molar refractivity (Wildman–Crippen MR) is 81.5 cm³/mol. The van der Waals surface area contributed by atoms with E-state index in [-0.39, 0.29) is 5.78 Å². The zero-order valence-corrected chi connectivity index (χ0v) is 11.3. The van der Waals surface area contributed by atoms with E-state index < -0.39 is 0 Å². The number of hydrogen-bond acceptors (Lipinski definition) is 2. The number of hydrogen-bond donors (Lipinski definition) is 1. The summed E-state index contributed by atoms with van der Waals surface area (Å²) in [7, 11) is 0. The lowest BCUT2D eigenvalue weighted by atomic mass is 10.0. The van der Waals surface area contributed by atoms with Gasteiger partial charge in [-0.15, -0.1) is 0 Å². The molecule has 0 bridgehead atoms. The van der Waals surface area contributed by atoms with Crippen LogP contribution < -0.4 is 5.32 Å². The normalized spacial score (nSPS) is 16.1. The first-order valence-corrected chi connectivity index (χ1v) is 6.97. The second kappa shape index (κ2) is 5.74. The van der Waals surface area contributed by atoms with Crippen LogP contribution in [0.15, 0.2) is 66.4 Å². The number of carbonyl (C=O) groups excluding carboxylic acids is 1. The molecule has 0 saturated carbocycles. The van der Waals surface area contributed by atoms with Gasteiger partial charge >= 0.3 is 0 Å². The second-order valence-electron chi connectivity index (χ2n) is 5.01. The van der Waals surface area contributed by atoms with Crippen LogP contribution in [0.5, 0.6) is 0 Å². The summed E-state index contributed by atoms with van der Waals surface area (Å²) in [6, 6.07) is 18.0. The van der Waals surface area contributed by atoms with E-state index in [0.717, 1.165) is 36.2 Å². The van der Waals surface area contributed by atoms with Gasteiger partial charge in [-0.1, -0.05) is 54.6 Å². The first-order chi connectivity index (χ1) is 9.83. The van der Waals surface area contributed by atoms with Crippen molar-refractivity contribution >= 4 is 5.78 Å². The molecular weight excluding hydrogens is 246 g/mol. The Kier molecular flexibility index (Phi) is 3.64. The van der Waals surface area contributed by atoms with E-state index in [4.69, 9.17) is 0 Å². The van der Waals surface area contributed by atoms with E-state index in [2.05, 4.69) is 17.4 Å². The summed E-state index contributed by atoms with van der Waals surface area (Å²) in [4.78, 5) is 12.1. The third kappa shape index (κ3) is 2.80. The van der Waals surface area contributed by atoms with Gasteiger partial charge in [0.1, 0.15) is 0 Å². The van der Waals surface area contributed by atoms with Gasteiger partial charge < -0.3 is 5.32 Å². The molecule has 1 heterocycles. The Morgan fingerprint density at radius 2 is 1.65 bits per heavy atom. The molecule has 0 atom stereocenters. The molecule has 1 saturated heterocycles. The molecule has 20 heavy (non-hydrogen) atoms. The van der Waals surface area contributed by atoms with Gasteiger partial charge in [0.05, 0.1) is 0 Å². The van der Waals surface area contributed by atoms with E-state index >= 15 is 0 Å². The highest BCUT2D eigenvalue weighted by molar-refractivity contribution is 6.05. The minimum Gasteiger partial charge on any atom is -0.388 e. The number of benzene rings is 2. The van der Waals surface area contributed by atoms with Crippen molar-refractivity contribution in [3.8, 4) is 11.1 Å². The molecule has 0 amide bonds. The van der Waals surface area contributed by atoms with Crippen LogP contribution >= 0.6 is 0 Å². The van der Waals surface area contributed by atoms with Crippen LogP contribution in [0, 0.1) is 0 Å². The summed E-state index contributed by atoms with van der Waals surface area (Å²) in [5, 5.41) is 3.23. The van der Waals surface area contributed by atoms with Gasteiger partial charge in [0.15, 0.2) is 5.78 Å². The Bertz CT molecular complexity index is 618. The maximum atomic E-state index is 12.1. The summed E-state index contributed by atoms with van der Waals surface area (Å²) < 4.78 is 0. The molecule has 0 radical (unpaired) electrons. The Morgan fingerprint density at radius 1 is 0.950 bits per heavy atom. The third-order valence-corrected chi connectivity index (χ3v) is 3.56. The van der Waals surface area contributed by atoms with Gasteiger partial charge in [0.25, 0.3) is 0 Å². The minimum absolute atomic E-state index is 0.0778. The van der Waals surface area contributed by atoms with E-state index in [1.807, 2.05) is 42.5 Å². The zero-order chi connectivity index (χ0) is 13.8. The van der Waals surface area contributed by atoms with E-state index in [0.29, 0.717) is 0 Å².